The van der Waals surface area contributed by atoms with Gasteiger partial charge in [-0.25, -0.2) is 0 Å². The summed E-state index contributed by atoms with van der Waals surface area (Å²) in [6.07, 6.45) is 2.48. The Morgan fingerprint density at radius 1 is 1.64 bits per heavy atom. The molecule has 0 spiro atoms. The topological polar surface area (TPSA) is 21.3 Å². The summed E-state index contributed by atoms with van der Waals surface area (Å²) in [5.41, 5.74) is 0. The van der Waals surface area contributed by atoms with Crippen molar-refractivity contribution in [1.82, 2.24) is 5.32 Å². The third-order valence-corrected chi connectivity index (χ3v) is 3.05. The van der Waals surface area contributed by atoms with Crippen LogP contribution in [0.3, 0.4) is 0 Å². The zero-order valence-electron chi connectivity index (χ0n) is 7.14. The molecule has 0 saturated carbocycles. The van der Waals surface area contributed by atoms with E-state index in [0.717, 1.165) is 25.6 Å². The van der Waals surface area contributed by atoms with Gasteiger partial charge in [0.25, 0.3) is 0 Å². The third kappa shape index (κ3) is 3.99. The predicted octanol–water partition coefficient (Wildman–Crippen LogP) is 1.12. The fraction of sp³-hybridized carbons (Fsp3) is 1.00. The van der Waals surface area contributed by atoms with E-state index in [1.165, 1.54) is 17.9 Å². The van der Waals surface area contributed by atoms with Crippen molar-refractivity contribution >= 4 is 11.8 Å². The average molecular weight is 175 g/mol. The lowest BCUT2D eigenvalue weighted by molar-refractivity contribution is 0.193. The molecule has 66 valence electrons. The predicted molar refractivity (Wildman–Crippen MR) is 50.2 cm³/mol. The van der Waals surface area contributed by atoms with Crippen LogP contribution in [-0.4, -0.2) is 37.8 Å². The molecule has 1 heterocycles. The molecular formula is C8H17NOS. The number of ether oxygens (including phenoxy) is 1. The maximum absolute atomic E-state index is 4.96. The Morgan fingerprint density at radius 3 is 3.18 bits per heavy atom. The Balaban J connectivity index is 1.86. The third-order valence-electron chi connectivity index (χ3n) is 1.89. The first-order valence-corrected chi connectivity index (χ1v) is 5.39. The molecule has 0 aromatic carbocycles. The second-order valence-electron chi connectivity index (χ2n) is 2.86. The van der Waals surface area contributed by atoms with Gasteiger partial charge in [-0.3, -0.25) is 0 Å². The highest BCUT2D eigenvalue weighted by atomic mass is 32.2. The molecule has 2 nitrogen and oxygen atoms in total. The first-order valence-electron chi connectivity index (χ1n) is 4.23. The highest BCUT2D eigenvalue weighted by Crippen LogP contribution is 2.16. The SMILES string of the molecule is COCCCN[C@@H]1CCSC1. The van der Waals surface area contributed by atoms with Crippen molar-refractivity contribution in [3.63, 3.8) is 0 Å². The van der Waals surface area contributed by atoms with Gasteiger partial charge in [-0.2, -0.15) is 11.8 Å². The second-order valence-corrected chi connectivity index (χ2v) is 4.01. The van der Waals surface area contributed by atoms with Crippen LogP contribution >= 0.6 is 11.8 Å². The van der Waals surface area contributed by atoms with E-state index < -0.39 is 0 Å². The van der Waals surface area contributed by atoms with Gasteiger partial charge < -0.3 is 10.1 Å². The summed E-state index contributed by atoms with van der Waals surface area (Å²) in [5.74, 6) is 2.63. The molecule has 11 heavy (non-hydrogen) atoms. The van der Waals surface area contributed by atoms with E-state index >= 15 is 0 Å². The summed E-state index contributed by atoms with van der Waals surface area (Å²) in [6, 6.07) is 0.775. The standard InChI is InChI=1S/C8H17NOS/c1-10-5-2-4-9-8-3-6-11-7-8/h8-9H,2-7H2,1H3/t8-/m1/s1. The number of rotatable bonds is 5. The Kier molecular flexibility index (Phi) is 4.99. The van der Waals surface area contributed by atoms with Crippen LogP contribution < -0.4 is 5.32 Å². The lowest BCUT2D eigenvalue weighted by Crippen LogP contribution is -2.29. The molecular weight excluding hydrogens is 158 g/mol. The van der Waals surface area contributed by atoms with Crippen molar-refractivity contribution in [3.8, 4) is 0 Å². The molecule has 0 aromatic rings. The molecule has 1 saturated heterocycles. The van der Waals surface area contributed by atoms with E-state index in [9.17, 15) is 0 Å². The largest absolute Gasteiger partial charge is 0.385 e. The van der Waals surface area contributed by atoms with Gasteiger partial charge in [-0.1, -0.05) is 0 Å². The van der Waals surface area contributed by atoms with Crippen LogP contribution in [0.15, 0.2) is 0 Å². The van der Waals surface area contributed by atoms with Gasteiger partial charge in [0, 0.05) is 25.5 Å². The van der Waals surface area contributed by atoms with E-state index in [0.29, 0.717) is 0 Å². The molecule has 1 atom stereocenters. The van der Waals surface area contributed by atoms with E-state index in [-0.39, 0.29) is 0 Å². The van der Waals surface area contributed by atoms with Crippen LogP contribution in [0.5, 0.6) is 0 Å². The molecule has 1 N–H and O–H groups in total. The van der Waals surface area contributed by atoms with Crippen molar-refractivity contribution in [2.75, 3.05) is 31.8 Å². The van der Waals surface area contributed by atoms with Crippen LogP contribution in [0.1, 0.15) is 12.8 Å². The molecule has 0 unspecified atom stereocenters. The van der Waals surface area contributed by atoms with E-state index in [1.54, 1.807) is 7.11 Å². The quantitative estimate of drug-likeness (QED) is 0.633. The Bertz CT molecular complexity index is 94.1. The molecule has 0 radical (unpaired) electrons. The van der Waals surface area contributed by atoms with Crippen LogP contribution in [0.2, 0.25) is 0 Å². The van der Waals surface area contributed by atoms with Gasteiger partial charge in [0.05, 0.1) is 0 Å². The average Bonchev–Trinajstić information content (AvgIpc) is 2.50. The van der Waals surface area contributed by atoms with Crippen molar-refractivity contribution in [2.24, 2.45) is 0 Å². The van der Waals surface area contributed by atoms with E-state index in [1.807, 2.05) is 0 Å². The van der Waals surface area contributed by atoms with E-state index in [4.69, 9.17) is 4.74 Å². The first kappa shape index (κ1) is 9.36. The molecule has 0 bridgehead atoms. The van der Waals surface area contributed by atoms with Crippen molar-refractivity contribution in [1.29, 1.82) is 0 Å². The number of nitrogens with one attached hydrogen (secondary N) is 1. The molecule has 0 aliphatic carbocycles. The molecule has 3 heteroatoms. The van der Waals surface area contributed by atoms with Crippen LogP contribution in [0, 0.1) is 0 Å². The number of hydrogen-bond acceptors (Lipinski definition) is 3. The van der Waals surface area contributed by atoms with Gasteiger partial charge in [0.2, 0.25) is 0 Å². The van der Waals surface area contributed by atoms with Gasteiger partial charge in [-0.05, 0) is 25.1 Å². The lowest BCUT2D eigenvalue weighted by Gasteiger charge is -2.09. The minimum Gasteiger partial charge on any atom is -0.385 e. The van der Waals surface area contributed by atoms with Crippen LogP contribution in [0.25, 0.3) is 0 Å². The zero-order chi connectivity index (χ0) is 7.94. The maximum atomic E-state index is 4.96. The van der Waals surface area contributed by atoms with Crippen LogP contribution in [0.4, 0.5) is 0 Å². The molecule has 1 fully saturated rings. The summed E-state index contributed by atoms with van der Waals surface area (Å²) in [6.45, 7) is 1.99. The van der Waals surface area contributed by atoms with Gasteiger partial charge in [-0.15, -0.1) is 0 Å². The lowest BCUT2D eigenvalue weighted by atomic mass is 10.2. The number of thioether (sulfide) groups is 1. The smallest absolute Gasteiger partial charge is 0.0474 e. The Morgan fingerprint density at radius 2 is 2.55 bits per heavy atom. The summed E-state index contributed by atoms with van der Waals surface area (Å²) < 4.78 is 4.96. The first-order chi connectivity index (χ1) is 5.43. The normalized spacial score (nSPS) is 24.3. The zero-order valence-corrected chi connectivity index (χ0v) is 7.95. The highest BCUT2D eigenvalue weighted by molar-refractivity contribution is 7.99. The molecule has 1 rings (SSSR count). The summed E-state index contributed by atoms with van der Waals surface area (Å²) in [7, 11) is 1.76. The maximum Gasteiger partial charge on any atom is 0.0474 e. The molecule has 1 aliphatic heterocycles. The molecule has 1 aliphatic rings. The van der Waals surface area contributed by atoms with Crippen molar-refractivity contribution < 1.29 is 4.74 Å². The monoisotopic (exact) mass is 175 g/mol. The molecule has 0 amide bonds. The van der Waals surface area contributed by atoms with Crippen molar-refractivity contribution in [3.05, 3.63) is 0 Å². The number of hydrogen-bond donors (Lipinski definition) is 1. The Labute approximate surface area is 73.1 Å². The highest BCUT2D eigenvalue weighted by Gasteiger charge is 2.13. The Hall–Kier alpha value is 0.270. The summed E-state index contributed by atoms with van der Waals surface area (Å²) >= 11 is 2.05. The fourth-order valence-electron chi connectivity index (χ4n) is 1.22. The van der Waals surface area contributed by atoms with Crippen molar-refractivity contribution in [2.45, 2.75) is 18.9 Å². The fourth-order valence-corrected chi connectivity index (χ4v) is 2.41. The van der Waals surface area contributed by atoms with Crippen LogP contribution in [-0.2, 0) is 4.74 Å². The van der Waals surface area contributed by atoms with E-state index in [2.05, 4.69) is 17.1 Å². The second kappa shape index (κ2) is 5.86. The molecule has 0 aromatic heterocycles. The minimum absolute atomic E-state index is 0.775. The van der Waals surface area contributed by atoms with Gasteiger partial charge in [0.1, 0.15) is 0 Å². The number of methoxy groups -OCH3 is 1. The minimum atomic E-state index is 0.775. The van der Waals surface area contributed by atoms with Gasteiger partial charge in [0.15, 0.2) is 0 Å². The van der Waals surface area contributed by atoms with Gasteiger partial charge >= 0.3 is 0 Å². The summed E-state index contributed by atoms with van der Waals surface area (Å²) in [5, 5.41) is 3.52. The summed E-state index contributed by atoms with van der Waals surface area (Å²) in [4.78, 5) is 0.